The van der Waals surface area contributed by atoms with Crippen molar-refractivity contribution in [2.75, 3.05) is 19.6 Å². The van der Waals surface area contributed by atoms with Gasteiger partial charge in [0.2, 0.25) is 5.78 Å². The van der Waals surface area contributed by atoms with Crippen LogP contribution < -0.4 is 10.6 Å². The van der Waals surface area contributed by atoms with Gasteiger partial charge in [-0.2, -0.15) is 0 Å². The van der Waals surface area contributed by atoms with Crippen molar-refractivity contribution in [1.82, 2.24) is 15.6 Å². The van der Waals surface area contributed by atoms with E-state index in [1.807, 2.05) is 5.38 Å². The highest BCUT2D eigenvalue weighted by Gasteiger charge is 2.13. The van der Waals surface area contributed by atoms with Crippen LogP contribution in [-0.2, 0) is 0 Å². The van der Waals surface area contributed by atoms with E-state index in [1.165, 1.54) is 30.6 Å². The van der Waals surface area contributed by atoms with E-state index in [0.29, 0.717) is 17.6 Å². The average Bonchev–Trinajstić information content (AvgIpc) is 2.84. The molecular formula is C11H17N3OS. The maximum absolute atomic E-state index is 11.6. The zero-order chi connectivity index (χ0) is 11.2. The van der Waals surface area contributed by atoms with Gasteiger partial charge < -0.3 is 10.6 Å². The van der Waals surface area contributed by atoms with Crippen molar-refractivity contribution in [1.29, 1.82) is 0 Å². The third kappa shape index (κ3) is 3.37. The molecule has 0 saturated carbocycles. The van der Waals surface area contributed by atoms with Gasteiger partial charge in [-0.05, 0) is 19.4 Å². The van der Waals surface area contributed by atoms with E-state index in [0.717, 1.165) is 13.1 Å². The molecule has 0 bridgehead atoms. The van der Waals surface area contributed by atoms with Crippen molar-refractivity contribution in [2.24, 2.45) is 0 Å². The summed E-state index contributed by atoms with van der Waals surface area (Å²) in [4.78, 5) is 15.6. The Hall–Kier alpha value is -0.780. The molecule has 1 aromatic heterocycles. The molecule has 4 nitrogen and oxygen atoms in total. The summed E-state index contributed by atoms with van der Waals surface area (Å²) in [5.74, 6) is 0.0887. The number of carbonyl (C=O) groups is 1. The first kappa shape index (κ1) is 11.7. The minimum atomic E-state index is 0.0887. The molecular weight excluding hydrogens is 222 g/mol. The number of nitrogens with one attached hydrogen (secondary N) is 2. The smallest absolute Gasteiger partial charge is 0.205 e. The molecule has 5 heteroatoms. The molecule has 88 valence electrons. The predicted molar refractivity (Wildman–Crippen MR) is 65.0 cm³/mol. The van der Waals surface area contributed by atoms with Crippen LogP contribution in [0.1, 0.15) is 29.1 Å². The van der Waals surface area contributed by atoms with Crippen LogP contribution in [0, 0.1) is 0 Å². The van der Waals surface area contributed by atoms with E-state index in [1.54, 1.807) is 6.20 Å². The van der Waals surface area contributed by atoms with Crippen LogP contribution in [-0.4, -0.2) is 36.4 Å². The van der Waals surface area contributed by atoms with Crippen molar-refractivity contribution in [3.8, 4) is 0 Å². The number of aromatic nitrogens is 1. The number of rotatable bonds is 5. The fraction of sp³-hybridized carbons (Fsp3) is 0.636. The van der Waals surface area contributed by atoms with Gasteiger partial charge in [-0.1, -0.05) is 6.42 Å². The summed E-state index contributed by atoms with van der Waals surface area (Å²) < 4.78 is 0. The van der Waals surface area contributed by atoms with Crippen LogP contribution in [0.5, 0.6) is 0 Å². The number of carbonyl (C=O) groups excluding carboxylic acids is 1. The summed E-state index contributed by atoms with van der Waals surface area (Å²) in [6.45, 7) is 2.37. The molecule has 0 amide bonds. The Morgan fingerprint density at radius 2 is 2.56 bits per heavy atom. The molecule has 2 rings (SSSR count). The number of ketones is 1. The van der Waals surface area contributed by atoms with Gasteiger partial charge in [0.25, 0.3) is 0 Å². The molecule has 16 heavy (non-hydrogen) atoms. The number of thiazole rings is 1. The Bertz CT molecular complexity index is 320. The van der Waals surface area contributed by atoms with Crippen molar-refractivity contribution < 1.29 is 4.79 Å². The summed E-state index contributed by atoms with van der Waals surface area (Å²) in [5.41, 5.74) is 0. The zero-order valence-corrected chi connectivity index (χ0v) is 10.1. The number of Topliss-reactive ketones (excluding diaryl/α,β-unsaturated/α-hetero) is 1. The molecule has 2 heterocycles. The van der Waals surface area contributed by atoms with Crippen molar-refractivity contribution in [3.63, 3.8) is 0 Å². The monoisotopic (exact) mass is 239 g/mol. The summed E-state index contributed by atoms with van der Waals surface area (Å²) in [7, 11) is 0. The van der Waals surface area contributed by atoms with Crippen LogP contribution in [0.3, 0.4) is 0 Å². The first-order valence-electron chi connectivity index (χ1n) is 5.73. The minimum absolute atomic E-state index is 0.0887. The van der Waals surface area contributed by atoms with Crippen LogP contribution in [0.15, 0.2) is 11.6 Å². The Morgan fingerprint density at radius 3 is 3.25 bits per heavy atom. The second-order valence-electron chi connectivity index (χ2n) is 4.04. The summed E-state index contributed by atoms with van der Waals surface area (Å²) >= 11 is 1.40. The van der Waals surface area contributed by atoms with Gasteiger partial charge in [-0.15, -0.1) is 11.3 Å². The maximum atomic E-state index is 11.6. The lowest BCUT2D eigenvalue weighted by Crippen LogP contribution is -2.42. The Kier molecular flexibility index (Phi) is 4.44. The summed E-state index contributed by atoms with van der Waals surface area (Å²) in [6.07, 6.45) is 5.44. The molecule has 1 atom stereocenters. The van der Waals surface area contributed by atoms with Crippen LogP contribution >= 0.6 is 11.3 Å². The van der Waals surface area contributed by atoms with Gasteiger partial charge in [0.15, 0.2) is 5.01 Å². The molecule has 0 spiro atoms. The quantitative estimate of drug-likeness (QED) is 0.754. The molecule has 0 radical (unpaired) electrons. The van der Waals surface area contributed by atoms with Crippen molar-refractivity contribution in [2.45, 2.75) is 25.3 Å². The molecule has 2 N–H and O–H groups in total. The van der Waals surface area contributed by atoms with E-state index in [9.17, 15) is 4.79 Å². The topological polar surface area (TPSA) is 54.0 Å². The van der Waals surface area contributed by atoms with Gasteiger partial charge in [-0.25, -0.2) is 4.98 Å². The van der Waals surface area contributed by atoms with Crippen LogP contribution in [0.2, 0.25) is 0 Å². The lowest BCUT2D eigenvalue weighted by Gasteiger charge is -2.23. The van der Waals surface area contributed by atoms with Gasteiger partial charge >= 0.3 is 0 Å². The fourth-order valence-corrected chi connectivity index (χ4v) is 2.47. The third-order valence-electron chi connectivity index (χ3n) is 2.76. The highest BCUT2D eigenvalue weighted by molar-refractivity contribution is 7.11. The van der Waals surface area contributed by atoms with Gasteiger partial charge in [0.05, 0.1) is 6.54 Å². The zero-order valence-electron chi connectivity index (χ0n) is 9.24. The molecule has 0 aliphatic carbocycles. The summed E-state index contributed by atoms with van der Waals surface area (Å²) in [6, 6.07) is 0.526. The van der Waals surface area contributed by atoms with Gasteiger partial charge in [0.1, 0.15) is 0 Å². The van der Waals surface area contributed by atoms with Crippen molar-refractivity contribution >= 4 is 17.1 Å². The molecule has 0 unspecified atom stereocenters. The van der Waals surface area contributed by atoms with Crippen molar-refractivity contribution in [3.05, 3.63) is 16.6 Å². The highest BCUT2D eigenvalue weighted by Crippen LogP contribution is 2.06. The highest BCUT2D eigenvalue weighted by atomic mass is 32.1. The number of hydrogen-bond acceptors (Lipinski definition) is 5. The molecule has 1 fully saturated rings. The number of nitrogens with zero attached hydrogens (tertiary/aromatic N) is 1. The van der Waals surface area contributed by atoms with E-state index in [-0.39, 0.29) is 5.78 Å². The van der Waals surface area contributed by atoms with E-state index in [4.69, 9.17) is 0 Å². The number of hydrogen-bond donors (Lipinski definition) is 2. The fourth-order valence-electron chi connectivity index (χ4n) is 1.89. The molecule has 1 aliphatic rings. The van der Waals surface area contributed by atoms with E-state index >= 15 is 0 Å². The van der Waals surface area contributed by atoms with Gasteiger partial charge in [0, 0.05) is 24.2 Å². The minimum Gasteiger partial charge on any atom is -0.313 e. The average molecular weight is 239 g/mol. The van der Waals surface area contributed by atoms with Crippen LogP contribution in [0.4, 0.5) is 0 Å². The van der Waals surface area contributed by atoms with Crippen LogP contribution in [0.25, 0.3) is 0 Å². The second kappa shape index (κ2) is 6.08. The number of piperidine rings is 1. The lowest BCUT2D eigenvalue weighted by molar-refractivity contribution is 0.0989. The largest absolute Gasteiger partial charge is 0.313 e. The first-order valence-corrected chi connectivity index (χ1v) is 6.61. The van der Waals surface area contributed by atoms with Gasteiger partial charge in [-0.3, -0.25) is 4.79 Å². The third-order valence-corrected chi connectivity index (χ3v) is 3.57. The Labute approximate surface area is 99.5 Å². The Morgan fingerprint density at radius 1 is 1.62 bits per heavy atom. The molecule has 0 aromatic carbocycles. The molecule has 1 aliphatic heterocycles. The summed E-state index contributed by atoms with van der Waals surface area (Å²) in [5, 5.41) is 9.07. The predicted octanol–water partition coefficient (Wildman–Crippen LogP) is 1.06. The molecule has 1 aromatic rings. The van der Waals surface area contributed by atoms with E-state index in [2.05, 4.69) is 15.6 Å². The first-order chi connectivity index (χ1) is 7.86. The second-order valence-corrected chi connectivity index (χ2v) is 4.93. The maximum Gasteiger partial charge on any atom is 0.205 e. The van der Waals surface area contributed by atoms with E-state index < -0.39 is 0 Å². The Balaban J connectivity index is 1.66. The SMILES string of the molecule is O=C(CNC[C@H]1CCCCN1)c1nccs1. The standard InChI is InChI=1S/C11H17N3OS/c15-10(11-14-5-6-16-11)8-12-7-9-3-1-2-4-13-9/h5-6,9,12-13H,1-4,7-8H2/t9-/m1/s1. The normalized spacial score (nSPS) is 20.9. The lowest BCUT2D eigenvalue weighted by atomic mass is 10.1. The molecule has 1 saturated heterocycles.